The first kappa shape index (κ1) is 14.8. The summed E-state index contributed by atoms with van der Waals surface area (Å²) in [5.41, 5.74) is 1.23. The number of benzene rings is 1. The molecule has 0 bridgehead atoms. The standard InChI is InChI=1S/C16H23ClFN/c1-3-19-14(16(2)9-4-5-10-16)11-12-7-6-8-13(18)15(12)17/h6-8,14,19H,3-5,9-11H2,1-2H3. The fourth-order valence-electron chi connectivity index (χ4n) is 3.27. The summed E-state index contributed by atoms with van der Waals surface area (Å²) in [5, 5.41) is 3.86. The van der Waals surface area contributed by atoms with Crippen molar-refractivity contribution in [1.29, 1.82) is 0 Å². The average Bonchev–Trinajstić information content (AvgIpc) is 2.82. The van der Waals surface area contributed by atoms with Crippen LogP contribution in [0.1, 0.15) is 45.1 Å². The van der Waals surface area contributed by atoms with Gasteiger partial charge in [-0.25, -0.2) is 4.39 Å². The molecule has 1 unspecified atom stereocenters. The molecule has 1 aromatic carbocycles. The van der Waals surface area contributed by atoms with Gasteiger partial charge in [-0.3, -0.25) is 0 Å². The predicted octanol–water partition coefficient (Wildman–Crippen LogP) is 4.58. The lowest BCUT2D eigenvalue weighted by Gasteiger charge is -2.35. The van der Waals surface area contributed by atoms with E-state index in [9.17, 15) is 4.39 Å². The van der Waals surface area contributed by atoms with Crippen molar-refractivity contribution in [1.82, 2.24) is 5.32 Å². The van der Waals surface area contributed by atoms with E-state index >= 15 is 0 Å². The summed E-state index contributed by atoms with van der Waals surface area (Å²) in [7, 11) is 0. The molecule has 1 aromatic rings. The number of rotatable bonds is 5. The second-order valence-corrected chi connectivity index (χ2v) is 6.27. The van der Waals surface area contributed by atoms with E-state index in [-0.39, 0.29) is 10.8 Å². The molecule has 0 spiro atoms. The van der Waals surface area contributed by atoms with Crippen molar-refractivity contribution in [2.24, 2.45) is 5.41 Å². The Labute approximate surface area is 120 Å². The fraction of sp³-hybridized carbons (Fsp3) is 0.625. The summed E-state index contributed by atoms with van der Waals surface area (Å²) in [6.45, 7) is 5.41. The number of hydrogen-bond acceptors (Lipinski definition) is 1. The van der Waals surface area contributed by atoms with Crippen LogP contribution in [0.5, 0.6) is 0 Å². The van der Waals surface area contributed by atoms with Gasteiger partial charge in [0.1, 0.15) is 5.82 Å². The predicted molar refractivity (Wildman–Crippen MR) is 79.2 cm³/mol. The lowest BCUT2D eigenvalue weighted by Crippen LogP contribution is -2.43. The van der Waals surface area contributed by atoms with Gasteiger partial charge in [-0.05, 0) is 42.9 Å². The minimum Gasteiger partial charge on any atom is -0.313 e. The van der Waals surface area contributed by atoms with Gasteiger partial charge in [0.2, 0.25) is 0 Å². The van der Waals surface area contributed by atoms with E-state index in [2.05, 4.69) is 19.2 Å². The zero-order valence-electron chi connectivity index (χ0n) is 11.8. The van der Waals surface area contributed by atoms with Gasteiger partial charge in [0.25, 0.3) is 0 Å². The van der Waals surface area contributed by atoms with Crippen molar-refractivity contribution in [2.75, 3.05) is 6.54 Å². The van der Waals surface area contributed by atoms with Gasteiger partial charge in [0, 0.05) is 6.04 Å². The largest absolute Gasteiger partial charge is 0.313 e. The normalized spacial score (nSPS) is 19.6. The van der Waals surface area contributed by atoms with Crippen LogP contribution in [0.25, 0.3) is 0 Å². The van der Waals surface area contributed by atoms with E-state index in [4.69, 9.17) is 11.6 Å². The Morgan fingerprint density at radius 3 is 2.68 bits per heavy atom. The van der Waals surface area contributed by atoms with Gasteiger partial charge >= 0.3 is 0 Å². The zero-order chi connectivity index (χ0) is 13.9. The second kappa shape index (κ2) is 6.23. The number of likely N-dealkylation sites (N-methyl/N-ethyl adjacent to an activating group) is 1. The van der Waals surface area contributed by atoms with Gasteiger partial charge in [0.05, 0.1) is 5.02 Å². The molecular formula is C16H23ClFN. The molecule has 1 saturated carbocycles. The highest BCUT2D eigenvalue weighted by Crippen LogP contribution is 2.42. The molecule has 0 radical (unpaired) electrons. The maximum absolute atomic E-state index is 13.5. The summed E-state index contributed by atoms with van der Waals surface area (Å²) in [5.74, 6) is -0.314. The van der Waals surface area contributed by atoms with E-state index in [0.29, 0.717) is 11.5 Å². The van der Waals surface area contributed by atoms with Gasteiger partial charge in [-0.15, -0.1) is 0 Å². The third-order valence-electron chi connectivity index (χ3n) is 4.49. The van der Waals surface area contributed by atoms with Crippen LogP contribution >= 0.6 is 11.6 Å². The Morgan fingerprint density at radius 1 is 1.37 bits per heavy atom. The van der Waals surface area contributed by atoms with E-state index in [1.807, 2.05) is 6.07 Å². The van der Waals surface area contributed by atoms with Gasteiger partial charge in [-0.2, -0.15) is 0 Å². The Hall–Kier alpha value is -0.600. The fourth-order valence-corrected chi connectivity index (χ4v) is 3.47. The summed E-state index contributed by atoms with van der Waals surface area (Å²) in [6, 6.07) is 5.48. The van der Waals surface area contributed by atoms with Crippen LogP contribution in [0.3, 0.4) is 0 Å². The lowest BCUT2D eigenvalue weighted by atomic mass is 9.78. The second-order valence-electron chi connectivity index (χ2n) is 5.89. The van der Waals surface area contributed by atoms with Crippen LogP contribution in [-0.2, 0) is 6.42 Å². The molecule has 3 heteroatoms. The molecule has 1 fully saturated rings. The highest BCUT2D eigenvalue weighted by molar-refractivity contribution is 6.31. The lowest BCUT2D eigenvalue weighted by molar-refractivity contribution is 0.222. The summed E-state index contributed by atoms with van der Waals surface area (Å²) in [6.07, 6.45) is 5.90. The highest BCUT2D eigenvalue weighted by atomic mass is 35.5. The van der Waals surface area contributed by atoms with E-state index < -0.39 is 0 Å². The van der Waals surface area contributed by atoms with Crippen molar-refractivity contribution in [3.63, 3.8) is 0 Å². The molecule has 0 heterocycles. The van der Waals surface area contributed by atoms with Crippen LogP contribution in [-0.4, -0.2) is 12.6 Å². The molecule has 1 aliphatic carbocycles. The van der Waals surface area contributed by atoms with Crippen molar-refractivity contribution < 1.29 is 4.39 Å². The molecule has 1 nitrogen and oxygen atoms in total. The monoisotopic (exact) mass is 283 g/mol. The topological polar surface area (TPSA) is 12.0 Å². The number of nitrogens with one attached hydrogen (secondary N) is 1. The molecule has 106 valence electrons. The molecule has 2 rings (SSSR count). The molecule has 1 N–H and O–H groups in total. The molecule has 1 aliphatic rings. The minimum absolute atomic E-state index is 0.284. The smallest absolute Gasteiger partial charge is 0.142 e. The first-order valence-corrected chi connectivity index (χ1v) is 7.61. The molecule has 0 aromatic heterocycles. The Kier molecular flexibility index (Phi) is 4.86. The molecule has 0 amide bonds. The summed E-state index contributed by atoms with van der Waals surface area (Å²) < 4.78 is 13.5. The Morgan fingerprint density at radius 2 is 2.05 bits per heavy atom. The van der Waals surface area contributed by atoms with E-state index in [1.165, 1.54) is 31.7 Å². The van der Waals surface area contributed by atoms with Gasteiger partial charge in [0.15, 0.2) is 0 Å². The summed E-state index contributed by atoms with van der Waals surface area (Å²) >= 11 is 6.09. The van der Waals surface area contributed by atoms with Crippen LogP contribution in [0, 0.1) is 11.2 Å². The van der Waals surface area contributed by atoms with Crippen LogP contribution in [0.2, 0.25) is 5.02 Å². The third kappa shape index (κ3) is 3.29. The van der Waals surface area contributed by atoms with Crippen molar-refractivity contribution in [3.8, 4) is 0 Å². The molecule has 19 heavy (non-hydrogen) atoms. The van der Waals surface area contributed by atoms with Crippen molar-refractivity contribution >= 4 is 11.6 Å². The number of hydrogen-bond donors (Lipinski definition) is 1. The highest BCUT2D eigenvalue weighted by Gasteiger charge is 2.36. The minimum atomic E-state index is -0.314. The first-order chi connectivity index (χ1) is 9.07. The number of halogens is 2. The summed E-state index contributed by atoms with van der Waals surface area (Å²) in [4.78, 5) is 0. The van der Waals surface area contributed by atoms with Crippen molar-refractivity contribution in [2.45, 2.75) is 52.0 Å². The molecular weight excluding hydrogens is 261 g/mol. The van der Waals surface area contributed by atoms with E-state index in [1.54, 1.807) is 6.07 Å². The average molecular weight is 284 g/mol. The van der Waals surface area contributed by atoms with Crippen LogP contribution in [0.4, 0.5) is 4.39 Å². The van der Waals surface area contributed by atoms with Crippen LogP contribution < -0.4 is 5.32 Å². The zero-order valence-corrected chi connectivity index (χ0v) is 12.6. The SMILES string of the molecule is CCNC(Cc1cccc(F)c1Cl)C1(C)CCCC1. The van der Waals surface area contributed by atoms with E-state index in [0.717, 1.165) is 18.5 Å². The first-order valence-electron chi connectivity index (χ1n) is 7.23. The van der Waals surface area contributed by atoms with Gasteiger partial charge < -0.3 is 5.32 Å². The van der Waals surface area contributed by atoms with Gasteiger partial charge in [-0.1, -0.05) is 50.4 Å². The Bertz CT molecular complexity index is 427. The third-order valence-corrected chi connectivity index (χ3v) is 4.92. The maximum Gasteiger partial charge on any atom is 0.142 e. The quantitative estimate of drug-likeness (QED) is 0.834. The molecule has 0 aliphatic heterocycles. The van der Waals surface area contributed by atoms with Crippen molar-refractivity contribution in [3.05, 3.63) is 34.6 Å². The Balaban J connectivity index is 2.18. The van der Waals surface area contributed by atoms with Crippen LogP contribution in [0.15, 0.2) is 18.2 Å². The molecule has 1 atom stereocenters. The maximum atomic E-state index is 13.5. The molecule has 0 saturated heterocycles.